The van der Waals surface area contributed by atoms with Crippen molar-refractivity contribution in [2.45, 2.75) is 18.2 Å². The Bertz CT molecular complexity index is 493. The highest BCUT2D eigenvalue weighted by Crippen LogP contribution is 2.24. The monoisotopic (exact) mass is 227 g/mol. The number of hydrogen-bond donors (Lipinski definition) is 1. The van der Waals surface area contributed by atoms with E-state index in [1.165, 1.54) is 0 Å². The van der Waals surface area contributed by atoms with Gasteiger partial charge in [-0.05, 0) is 24.6 Å². The van der Waals surface area contributed by atoms with Crippen molar-refractivity contribution >= 4 is 32.6 Å². The first-order chi connectivity index (χ1) is 6.70. The molecule has 1 atom stereocenters. The average Bonchev–Trinajstić information content (AvgIpc) is 2.58. The molecule has 1 aromatic carbocycles. The summed E-state index contributed by atoms with van der Waals surface area (Å²) in [5.74, 6) is 0. The van der Waals surface area contributed by atoms with Gasteiger partial charge in [0.15, 0.2) is 11.1 Å². The molecule has 74 valence electrons. The predicted octanol–water partition coefficient (Wildman–Crippen LogP) is 2.44. The second-order valence-electron chi connectivity index (χ2n) is 2.84. The maximum Gasteiger partial charge on any atom is 0.186 e. The van der Waals surface area contributed by atoms with Crippen LogP contribution < -0.4 is 0 Å². The standard InChI is InChI=1S/C9H9NO2S2/c1-2-9-10-7-4-3-6(14(11)12)5-8(7)13-9/h3-5H,2H2,1H3,(H,11,12). The van der Waals surface area contributed by atoms with Crippen LogP contribution in [0.5, 0.6) is 0 Å². The minimum Gasteiger partial charge on any atom is -0.302 e. The van der Waals surface area contributed by atoms with Crippen LogP contribution in [-0.2, 0) is 17.5 Å². The number of aromatic nitrogens is 1. The van der Waals surface area contributed by atoms with E-state index < -0.39 is 11.1 Å². The van der Waals surface area contributed by atoms with E-state index in [4.69, 9.17) is 4.55 Å². The maximum absolute atomic E-state index is 10.8. The second kappa shape index (κ2) is 3.76. The molecule has 1 heterocycles. The highest BCUT2D eigenvalue weighted by Gasteiger charge is 2.05. The third-order valence-corrected chi connectivity index (χ3v) is 3.73. The van der Waals surface area contributed by atoms with Gasteiger partial charge in [-0.25, -0.2) is 9.19 Å². The first-order valence-electron chi connectivity index (χ1n) is 4.21. The first kappa shape index (κ1) is 9.76. The van der Waals surface area contributed by atoms with Gasteiger partial charge in [0, 0.05) is 0 Å². The minimum absolute atomic E-state index is 0.434. The molecule has 0 aliphatic carbocycles. The van der Waals surface area contributed by atoms with Gasteiger partial charge in [-0.15, -0.1) is 11.3 Å². The summed E-state index contributed by atoms with van der Waals surface area (Å²) in [6, 6.07) is 5.15. The van der Waals surface area contributed by atoms with E-state index in [1.807, 2.05) is 6.92 Å². The van der Waals surface area contributed by atoms with E-state index in [0.29, 0.717) is 4.90 Å². The molecule has 0 aliphatic rings. The number of hydrogen-bond acceptors (Lipinski definition) is 3. The molecule has 0 fully saturated rings. The zero-order valence-corrected chi connectivity index (χ0v) is 9.19. The zero-order valence-electron chi connectivity index (χ0n) is 7.56. The summed E-state index contributed by atoms with van der Waals surface area (Å²) in [7, 11) is 0. The van der Waals surface area contributed by atoms with Crippen molar-refractivity contribution in [1.82, 2.24) is 4.98 Å². The molecule has 0 saturated carbocycles. The lowest BCUT2D eigenvalue weighted by Gasteiger charge is -1.92. The predicted molar refractivity (Wildman–Crippen MR) is 58.0 cm³/mol. The molecule has 14 heavy (non-hydrogen) atoms. The topological polar surface area (TPSA) is 50.2 Å². The quantitative estimate of drug-likeness (QED) is 0.802. The van der Waals surface area contributed by atoms with Crippen LogP contribution in [0.3, 0.4) is 0 Å². The molecule has 2 rings (SSSR count). The van der Waals surface area contributed by atoms with E-state index in [0.717, 1.165) is 21.6 Å². The molecule has 1 N–H and O–H groups in total. The second-order valence-corrected chi connectivity index (χ2v) is 4.92. The Kier molecular flexibility index (Phi) is 2.62. The van der Waals surface area contributed by atoms with Gasteiger partial charge < -0.3 is 4.55 Å². The van der Waals surface area contributed by atoms with Crippen LogP contribution in [0.4, 0.5) is 0 Å². The summed E-state index contributed by atoms with van der Waals surface area (Å²) in [5.41, 5.74) is 0.904. The van der Waals surface area contributed by atoms with Crippen LogP contribution in [0.25, 0.3) is 10.2 Å². The van der Waals surface area contributed by atoms with Gasteiger partial charge >= 0.3 is 0 Å². The molecular weight excluding hydrogens is 218 g/mol. The molecule has 5 heteroatoms. The van der Waals surface area contributed by atoms with Crippen LogP contribution in [0, 0.1) is 0 Å². The summed E-state index contributed by atoms with van der Waals surface area (Å²) >= 11 is -0.327. The van der Waals surface area contributed by atoms with Crippen molar-refractivity contribution in [1.29, 1.82) is 0 Å². The molecule has 2 aromatic rings. The lowest BCUT2D eigenvalue weighted by atomic mass is 10.3. The van der Waals surface area contributed by atoms with E-state index in [2.05, 4.69) is 4.98 Å². The lowest BCUT2D eigenvalue weighted by Crippen LogP contribution is -1.86. The third kappa shape index (κ3) is 1.70. The summed E-state index contributed by atoms with van der Waals surface area (Å²) in [6.07, 6.45) is 0.900. The fraction of sp³-hybridized carbons (Fsp3) is 0.222. The molecule has 0 aliphatic heterocycles. The highest BCUT2D eigenvalue weighted by atomic mass is 32.2. The fourth-order valence-electron chi connectivity index (χ4n) is 1.21. The number of fused-ring (bicyclic) bond motifs is 1. The average molecular weight is 227 g/mol. The van der Waals surface area contributed by atoms with Crippen LogP contribution >= 0.6 is 11.3 Å². The van der Waals surface area contributed by atoms with Crippen molar-refractivity contribution in [2.24, 2.45) is 0 Å². The number of rotatable bonds is 2. The summed E-state index contributed by atoms with van der Waals surface area (Å²) in [5, 5.41) is 1.06. The van der Waals surface area contributed by atoms with Crippen molar-refractivity contribution in [3.05, 3.63) is 23.2 Å². The fourth-order valence-corrected chi connectivity index (χ4v) is 2.64. The van der Waals surface area contributed by atoms with Crippen LogP contribution in [0.15, 0.2) is 23.1 Å². The van der Waals surface area contributed by atoms with Crippen LogP contribution in [0.1, 0.15) is 11.9 Å². The molecule has 1 aromatic heterocycles. The van der Waals surface area contributed by atoms with E-state index in [9.17, 15) is 4.21 Å². The first-order valence-corrected chi connectivity index (χ1v) is 6.13. The van der Waals surface area contributed by atoms with E-state index in [1.54, 1.807) is 29.5 Å². The smallest absolute Gasteiger partial charge is 0.186 e. The van der Waals surface area contributed by atoms with Crippen LogP contribution in [-0.4, -0.2) is 13.7 Å². The zero-order chi connectivity index (χ0) is 10.1. The highest BCUT2D eigenvalue weighted by molar-refractivity contribution is 7.79. The van der Waals surface area contributed by atoms with Gasteiger partial charge in [-0.3, -0.25) is 0 Å². The van der Waals surface area contributed by atoms with Gasteiger partial charge in [0.1, 0.15) is 0 Å². The van der Waals surface area contributed by atoms with Gasteiger partial charge in [0.05, 0.1) is 20.1 Å². The van der Waals surface area contributed by atoms with Gasteiger partial charge in [0.25, 0.3) is 0 Å². The Morgan fingerprint density at radius 3 is 3.00 bits per heavy atom. The normalized spacial score (nSPS) is 13.3. The molecule has 0 saturated heterocycles. The Morgan fingerprint density at radius 1 is 1.57 bits per heavy atom. The Hall–Kier alpha value is -0.780. The molecule has 0 spiro atoms. The molecule has 0 amide bonds. The largest absolute Gasteiger partial charge is 0.302 e. The number of aryl methyl sites for hydroxylation is 1. The molecule has 0 bridgehead atoms. The summed E-state index contributed by atoms with van der Waals surface area (Å²) in [4.78, 5) is 4.80. The Morgan fingerprint density at radius 2 is 2.36 bits per heavy atom. The van der Waals surface area contributed by atoms with Crippen molar-refractivity contribution in [3.63, 3.8) is 0 Å². The van der Waals surface area contributed by atoms with E-state index >= 15 is 0 Å². The van der Waals surface area contributed by atoms with Crippen LogP contribution in [0.2, 0.25) is 0 Å². The maximum atomic E-state index is 10.8. The van der Waals surface area contributed by atoms with Crippen molar-refractivity contribution < 1.29 is 8.76 Å². The minimum atomic E-state index is -1.90. The van der Waals surface area contributed by atoms with E-state index in [-0.39, 0.29) is 0 Å². The number of benzene rings is 1. The van der Waals surface area contributed by atoms with Gasteiger partial charge in [0.2, 0.25) is 0 Å². The molecule has 0 radical (unpaired) electrons. The number of thiazole rings is 1. The third-order valence-electron chi connectivity index (χ3n) is 1.91. The summed E-state index contributed by atoms with van der Waals surface area (Å²) < 4.78 is 20.7. The molecule has 3 nitrogen and oxygen atoms in total. The Balaban J connectivity index is 2.59. The van der Waals surface area contributed by atoms with Gasteiger partial charge in [-0.2, -0.15) is 0 Å². The SMILES string of the molecule is CCc1nc2ccc(S(=O)O)cc2s1. The van der Waals surface area contributed by atoms with Crippen molar-refractivity contribution in [3.8, 4) is 0 Å². The van der Waals surface area contributed by atoms with Crippen molar-refractivity contribution in [2.75, 3.05) is 0 Å². The molecule has 1 unspecified atom stereocenters. The van der Waals surface area contributed by atoms with Gasteiger partial charge in [-0.1, -0.05) is 6.92 Å². The number of nitrogens with zero attached hydrogens (tertiary/aromatic N) is 1. The lowest BCUT2D eigenvalue weighted by molar-refractivity contribution is 0.564. The molecular formula is C9H9NO2S2. The Labute approximate surface area is 88.1 Å². The summed E-state index contributed by atoms with van der Waals surface area (Å²) in [6.45, 7) is 2.04.